The molecule has 0 bridgehead atoms. The zero-order chi connectivity index (χ0) is 4.85. The van der Waals surface area contributed by atoms with Crippen molar-refractivity contribution < 1.29 is 4.84 Å². The zero-order valence-electron chi connectivity index (χ0n) is 4.09. The van der Waals surface area contributed by atoms with E-state index in [1.807, 2.05) is 12.0 Å². The van der Waals surface area contributed by atoms with Gasteiger partial charge in [-0.2, -0.15) is 0 Å². The van der Waals surface area contributed by atoms with Gasteiger partial charge in [0.25, 0.3) is 0 Å². The van der Waals surface area contributed by atoms with E-state index >= 15 is 0 Å². The second-order valence-corrected chi connectivity index (χ2v) is 1.82. The molecule has 3 heteroatoms. The lowest BCUT2D eigenvalue weighted by Gasteiger charge is -1.81. The molecule has 1 saturated heterocycles. The van der Waals surface area contributed by atoms with Crippen LogP contribution in [0.4, 0.5) is 0 Å². The summed E-state index contributed by atoms with van der Waals surface area (Å²) in [6.45, 7) is 2.73. The predicted octanol–water partition coefficient (Wildman–Crippen LogP) is -0.00830. The maximum Gasteiger partial charge on any atom is 0.194 e. The highest BCUT2D eigenvalue weighted by Gasteiger charge is 2.42. The van der Waals surface area contributed by atoms with Gasteiger partial charge in [-0.15, -0.1) is 5.06 Å². The van der Waals surface area contributed by atoms with E-state index in [2.05, 4.69) is 4.99 Å². The van der Waals surface area contributed by atoms with Crippen LogP contribution < -0.4 is 0 Å². The van der Waals surface area contributed by atoms with Crippen LogP contribution in [0.2, 0.25) is 0 Å². The van der Waals surface area contributed by atoms with Crippen molar-refractivity contribution in [3.05, 3.63) is 0 Å². The summed E-state index contributed by atoms with van der Waals surface area (Å²) in [4.78, 5) is 9.05. The first-order valence-corrected chi connectivity index (χ1v) is 2.32. The number of fused-ring (bicyclic) bond motifs is 1. The SMILES string of the molecule is CC1=NCN2OC12. The maximum atomic E-state index is 4.97. The van der Waals surface area contributed by atoms with Crippen molar-refractivity contribution in [1.29, 1.82) is 0 Å². The number of rotatable bonds is 0. The Bertz CT molecular complexity index is 132. The lowest BCUT2D eigenvalue weighted by molar-refractivity contribution is 0.202. The molecule has 0 N–H and O–H groups in total. The largest absolute Gasteiger partial charge is 0.272 e. The molecule has 0 aromatic rings. The first-order valence-electron chi connectivity index (χ1n) is 2.32. The molecule has 1 fully saturated rings. The van der Waals surface area contributed by atoms with E-state index in [1.165, 1.54) is 0 Å². The van der Waals surface area contributed by atoms with Crippen molar-refractivity contribution in [2.45, 2.75) is 13.2 Å². The highest BCUT2D eigenvalue weighted by Crippen LogP contribution is 2.25. The molecule has 0 saturated carbocycles. The van der Waals surface area contributed by atoms with E-state index < -0.39 is 0 Å². The van der Waals surface area contributed by atoms with Crippen molar-refractivity contribution >= 4 is 5.71 Å². The molecule has 2 heterocycles. The van der Waals surface area contributed by atoms with Crippen LogP contribution in [0.1, 0.15) is 6.92 Å². The van der Waals surface area contributed by atoms with Crippen molar-refractivity contribution in [2.75, 3.05) is 6.67 Å². The minimum atomic E-state index is 0.264. The van der Waals surface area contributed by atoms with Crippen LogP contribution in [0.15, 0.2) is 4.99 Å². The van der Waals surface area contributed by atoms with Gasteiger partial charge in [0.05, 0.1) is 5.71 Å². The molecule has 0 aromatic heterocycles. The molecule has 0 amide bonds. The van der Waals surface area contributed by atoms with E-state index in [0.29, 0.717) is 0 Å². The third kappa shape index (κ3) is 0.338. The fourth-order valence-corrected chi connectivity index (χ4v) is 0.753. The van der Waals surface area contributed by atoms with E-state index in [9.17, 15) is 0 Å². The average Bonchev–Trinajstić information content (AvgIpc) is 2.33. The molecular formula is C4H6N2O. The summed E-state index contributed by atoms with van der Waals surface area (Å²) >= 11 is 0. The Morgan fingerprint density at radius 2 is 2.86 bits per heavy atom. The minimum absolute atomic E-state index is 0.264. The van der Waals surface area contributed by atoms with Gasteiger partial charge in [0.2, 0.25) is 0 Å². The Hall–Kier alpha value is -0.410. The average molecular weight is 98.1 g/mol. The molecule has 2 rings (SSSR count). The number of hydrogen-bond acceptors (Lipinski definition) is 3. The standard InChI is InChI=1S/C4H6N2O/c1-3-4-6(7-4)2-5-3/h4H,2H2,1H3. The summed E-state index contributed by atoms with van der Waals surface area (Å²) in [5.41, 5.74) is 1.11. The van der Waals surface area contributed by atoms with Crippen LogP contribution in [0.25, 0.3) is 0 Å². The molecular weight excluding hydrogens is 92.1 g/mol. The Morgan fingerprint density at radius 1 is 2.00 bits per heavy atom. The molecule has 0 spiro atoms. The van der Waals surface area contributed by atoms with Gasteiger partial charge in [-0.3, -0.25) is 9.83 Å². The summed E-state index contributed by atoms with van der Waals surface area (Å²) in [5, 5.41) is 1.84. The second-order valence-electron chi connectivity index (χ2n) is 1.82. The molecule has 3 nitrogen and oxygen atoms in total. The molecule has 0 aliphatic carbocycles. The lowest BCUT2D eigenvalue weighted by Crippen LogP contribution is -1.97. The highest BCUT2D eigenvalue weighted by atomic mass is 16.8. The van der Waals surface area contributed by atoms with Crippen LogP contribution in [-0.4, -0.2) is 23.7 Å². The monoisotopic (exact) mass is 98.0 g/mol. The van der Waals surface area contributed by atoms with E-state index in [0.717, 1.165) is 12.4 Å². The summed E-state index contributed by atoms with van der Waals surface area (Å²) in [5.74, 6) is 0. The molecule has 0 aromatic carbocycles. The topological polar surface area (TPSA) is 27.9 Å². The molecule has 0 radical (unpaired) electrons. The van der Waals surface area contributed by atoms with Crippen LogP contribution in [-0.2, 0) is 4.84 Å². The van der Waals surface area contributed by atoms with Crippen LogP contribution in [0.3, 0.4) is 0 Å². The third-order valence-electron chi connectivity index (χ3n) is 1.27. The molecule has 2 aliphatic rings. The smallest absolute Gasteiger partial charge is 0.194 e. The summed E-state index contributed by atoms with van der Waals surface area (Å²) in [6, 6.07) is 0. The second kappa shape index (κ2) is 0.877. The minimum Gasteiger partial charge on any atom is -0.272 e. The number of aliphatic imine (C=N–C) groups is 1. The van der Waals surface area contributed by atoms with Crippen LogP contribution in [0, 0.1) is 0 Å². The molecule has 2 unspecified atom stereocenters. The highest BCUT2D eigenvalue weighted by molar-refractivity contribution is 5.88. The Morgan fingerprint density at radius 3 is 3.00 bits per heavy atom. The fraction of sp³-hybridized carbons (Fsp3) is 0.750. The van der Waals surface area contributed by atoms with Gasteiger partial charge in [-0.25, -0.2) is 0 Å². The summed E-state index contributed by atoms with van der Waals surface area (Å²) < 4.78 is 0. The zero-order valence-corrected chi connectivity index (χ0v) is 4.09. The van der Waals surface area contributed by atoms with Gasteiger partial charge in [0, 0.05) is 0 Å². The van der Waals surface area contributed by atoms with Gasteiger partial charge < -0.3 is 0 Å². The van der Waals surface area contributed by atoms with Crippen molar-refractivity contribution in [3.63, 3.8) is 0 Å². The lowest BCUT2D eigenvalue weighted by atomic mass is 10.4. The van der Waals surface area contributed by atoms with Crippen molar-refractivity contribution in [1.82, 2.24) is 5.06 Å². The summed E-state index contributed by atoms with van der Waals surface area (Å²) in [7, 11) is 0. The Labute approximate surface area is 41.5 Å². The Kier molecular flexibility index (Phi) is 0.448. The van der Waals surface area contributed by atoms with Crippen molar-refractivity contribution in [2.24, 2.45) is 4.99 Å². The first kappa shape index (κ1) is 3.57. The van der Waals surface area contributed by atoms with Crippen LogP contribution >= 0.6 is 0 Å². The van der Waals surface area contributed by atoms with E-state index in [4.69, 9.17) is 4.84 Å². The number of nitrogens with zero attached hydrogens (tertiary/aromatic N) is 2. The molecule has 38 valence electrons. The first-order chi connectivity index (χ1) is 3.38. The third-order valence-corrected chi connectivity index (χ3v) is 1.27. The van der Waals surface area contributed by atoms with Gasteiger partial charge >= 0.3 is 0 Å². The Balaban J connectivity index is 2.25. The maximum absolute atomic E-state index is 4.97. The van der Waals surface area contributed by atoms with E-state index in [1.54, 1.807) is 0 Å². The molecule has 7 heavy (non-hydrogen) atoms. The summed E-state index contributed by atoms with van der Waals surface area (Å²) in [6.07, 6.45) is 0.264. The number of hydroxylamine groups is 2. The normalized spacial score (nSPS) is 45.6. The quantitative estimate of drug-likeness (QED) is 0.398. The van der Waals surface area contributed by atoms with Gasteiger partial charge in [-0.05, 0) is 6.92 Å². The predicted molar refractivity (Wildman–Crippen MR) is 24.7 cm³/mol. The van der Waals surface area contributed by atoms with Gasteiger partial charge in [0.15, 0.2) is 6.23 Å². The van der Waals surface area contributed by atoms with Gasteiger partial charge in [0.1, 0.15) is 6.67 Å². The molecule has 2 aliphatic heterocycles. The van der Waals surface area contributed by atoms with Crippen LogP contribution in [0.5, 0.6) is 0 Å². The van der Waals surface area contributed by atoms with E-state index in [-0.39, 0.29) is 6.23 Å². The van der Waals surface area contributed by atoms with Crippen molar-refractivity contribution in [3.8, 4) is 0 Å². The molecule has 2 atom stereocenters. The number of hydrogen-bond donors (Lipinski definition) is 0. The van der Waals surface area contributed by atoms with Gasteiger partial charge in [-0.1, -0.05) is 0 Å². The fourth-order valence-electron chi connectivity index (χ4n) is 0.753.